The number of amides is 1. The van der Waals surface area contributed by atoms with Crippen LogP contribution in [0.25, 0.3) is 17.8 Å². The molecule has 0 saturated carbocycles. The first kappa shape index (κ1) is 21.4. The molecule has 0 saturated heterocycles. The summed E-state index contributed by atoms with van der Waals surface area (Å²) in [6.45, 7) is 5.26. The largest absolute Gasteiger partial charge is 0.384 e. The van der Waals surface area contributed by atoms with Crippen molar-refractivity contribution in [1.82, 2.24) is 14.4 Å². The molecular weight excluding hydrogens is 407 g/mol. The molecule has 32 heavy (non-hydrogen) atoms. The smallest absolute Gasteiger partial charge is 0.255 e. The third kappa shape index (κ3) is 4.58. The highest BCUT2D eigenvalue weighted by molar-refractivity contribution is 6.04. The molecule has 0 atom stereocenters. The molecule has 3 aromatic heterocycles. The predicted molar refractivity (Wildman–Crippen MR) is 123 cm³/mol. The molecule has 0 aliphatic heterocycles. The van der Waals surface area contributed by atoms with Crippen LogP contribution in [0.1, 0.15) is 46.9 Å². The van der Waals surface area contributed by atoms with Crippen LogP contribution in [-0.2, 0) is 5.60 Å². The molecule has 0 radical (unpaired) electrons. The third-order valence-corrected chi connectivity index (χ3v) is 5.05. The highest BCUT2D eigenvalue weighted by Gasteiger charge is 2.23. The molecule has 0 fully saturated rings. The molecule has 0 unspecified atom stereocenters. The second-order valence-corrected chi connectivity index (χ2v) is 8.05. The summed E-state index contributed by atoms with van der Waals surface area (Å²) in [4.78, 5) is 21.0. The third-order valence-electron chi connectivity index (χ3n) is 5.05. The lowest BCUT2D eigenvalue weighted by atomic mass is 10.0. The zero-order chi connectivity index (χ0) is 22.9. The number of fused-ring (bicyclic) bond motifs is 1. The molecule has 7 heteroatoms. The van der Waals surface area contributed by atoms with E-state index < -0.39 is 11.5 Å². The second kappa shape index (κ2) is 8.36. The van der Waals surface area contributed by atoms with Gasteiger partial charge >= 0.3 is 0 Å². The van der Waals surface area contributed by atoms with Gasteiger partial charge in [0, 0.05) is 17.5 Å². The van der Waals surface area contributed by atoms with E-state index in [0.717, 1.165) is 11.3 Å². The minimum absolute atomic E-state index is 0.243. The van der Waals surface area contributed by atoms with Crippen LogP contribution in [0.4, 0.5) is 10.1 Å². The van der Waals surface area contributed by atoms with Crippen molar-refractivity contribution in [2.75, 3.05) is 5.32 Å². The normalized spacial score (nSPS) is 11.9. The fourth-order valence-corrected chi connectivity index (χ4v) is 3.46. The number of hydrogen-bond donors (Lipinski definition) is 2. The molecule has 4 aromatic rings. The first-order chi connectivity index (χ1) is 15.2. The molecule has 4 rings (SSSR count). The summed E-state index contributed by atoms with van der Waals surface area (Å²) in [6.07, 6.45) is 5.30. The van der Waals surface area contributed by atoms with Crippen molar-refractivity contribution < 1.29 is 14.3 Å². The number of nitrogens with one attached hydrogen (secondary N) is 1. The van der Waals surface area contributed by atoms with E-state index in [0.29, 0.717) is 28.3 Å². The van der Waals surface area contributed by atoms with Gasteiger partial charge in [0.1, 0.15) is 11.2 Å². The zero-order valence-electron chi connectivity index (χ0n) is 18.0. The van der Waals surface area contributed by atoms with Crippen molar-refractivity contribution in [3.63, 3.8) is 0 Å². The standard InChI is InChI=1S/C25H23FN4O2/c1-16-23(25(2,3)32)29-22-14-13-20(15-30(16)22)28-24(31)18-10-7-17(8-11-18)9-12-19-5-4-6-21(26)27-19/h4-15,32H,1-3H3,(H,28,31). The molecule has 0 bridgehead atoms. The highest BCUT2D eigenvalue weighted by atomic mass is 19.1. The van der Waals surface area contributed by atoms with Crippen molar-refractivity contribution >= 4 is 29.4 Å². The maximum atomic E-state index is 13.2. The Labute approximate surface area is 185 Å². The Morgan fingerprint density at radius 3 is 2.50 bits per heavy atom. The van der Waals surface area contributed by atoms with Gasteiger partial charge in [-0.25, -0.2) is 9.97 Å². The van der Waals surface area contributed by atoms with Crippen LogP contribution >= 0.6 is 0 Å². The maximum absolute atomic E-state index is 13.2. The van der Waals surface area contributed by atoms with Crippen LogP contribution in [0.5, 0.6) is 0 Å². The number of hydrogen-bond acceptors (Lipinski definition) is 4. The van der Waals surface area contributed by atoms with E-state index in [1.165, 1.54) is 6.07 Å². The Morgan fingerprint density at radius 2 is 1.81 bits per heavy atom. The summed E-state index contributed by atoms with van der Waals surface area (Å²) in [6, 6.07) is 15.2. The number of aromatic nitrogens is 3. The number of anilines is 1. The van der Waals surface area contributed by atoms with Gasteiger partial charge in [-0.3, -0.25) is 4.79 Å². The van der Waals surface area contributed by atoms with Crippen LogP contribution in [0.2, 0.25) is 0 Å². The van der Waals surface area contributed by atoms with Gasteiger partial charge in [0.2, 0.25) is 5.95 Å². The summed E-state index contributed by atoms with van der Waals surface area (Å²) in [5, 5.41) is 13.2. The van der Waals surface area contributed by atoms with Gasteiger partial charge in [-0.05, 0) is 68.8 Å². The number of aliphatic hydroxyl groups is 1. The summed E-state index contributed by atoms with van der Waals surface area (Å²) < 4.78 is 15.0. The van der Waals surface area contributed by atoms with Crippen molar-refractivity contribution in [2.24, 2.45) is 0 Å². The summed E-state index contributed by atoms with van der Waals surface area (Å²) in [5.41, 5.74) is 3.55. The number of nitrogens with zero attached hydrogens (tertiary/aromatic N) is 3. The molecule has 162 valence electrons. The van der Waals surface area contributed by atoms with E-state index in [2.05, 4.69) is 15.3 Å². The molecule has 6 nitrogen and oxygen atoms in total. The van der Waals surface area contributed by atoms with Crippen LogP contribution < -0.4 is 5.32 Å². The lowest BCUT2D eigenvalue weighted by Crippen LogP contribution is -2.17. The molecule has 0 aliphatic carbocycles. The van der Waals surface area contributed by atoms with E-state index in [9.17, 15) is 14.3 Å². The number of carbonyl (C=O) groups excluding carboxylic acids is 1. The summed E-state index contributed by atoms with van der Waals surface area (Å²) >= 11 is 0. The van der Waals surface area contributed by atoms with Crippen LogP contribution in [0, 0.1) is 12.9 Å². The van der Waals surface area contributed by atoms with Gasteiger partial charge < -0.3 is 14.8 Å². The van der Waals surface area contributed by atoms with Crippen LogP contribution in [0.3, 0.4) is 0 Å². The maximum Gasteiger partial charge on any atom is 0.255 e. The number of imidazole rings is 1. The fourth-order valence-electron chi connectivity index (χ4n) is 3.46. The SMILES string of the molecule is Cc1c(C(C)(C)O)nc2ccc(NC(=O)c3ccc(C=Cc4cccc(F)n4)cc3)cn12. The average molecular weight is 430 g/mol. The highest BCUT2D eigenvalue weighted by Crippen LogP contribution is 2.25. The Kier molecular flexibility index (Phi) is 5.59. The molecule has 0 spiro atoms. The molecule has 2 N–H and O–H groups in total. The number of halogens is 1. The van der Waals surface area contributed by atoms with E-state index in [4.69, 9.17) is 0 Å². The Hall–Kier alpha value is -3.84. The molecule has 0 aliphatic rings. The number of benzene rings is 1. The second-order valence-electron chi connectivity index (χ2n) is 8.05. The Morgan fingerprint density at radius 1 is 1.06 bits per heavy atom. The van der Waals surface area contributed by atoms with Crippen LogP contribution in [0.15, 0.2) is 60.8 Å². The van der Waals surface area contributed by atoms with Gasteiger partial charge in [0.05, 0.1) is 17.1 Å². The number of rotatable bonds is 5. The zero-order valence-corrected chi connectivity index (χ0v) is 18.0. The first-order valence-electron chi connectivity index (χ1n) is 10.1. The molecule has 1 amide bonds. The minimum atomic E-state index is -1.06. The lowest BCUT2D eigenvalue weighted by Gasteiger charge is -2.15. The monoisotopic (exact) mass is 430 g/mol. The lowest BCUT2D eigenvalue weighted by molar-refractivity contribution is 0.0736. The molecule has 3 heterocycles. The van der Waals surface area contributed by atoms with E-state index >= 15 is 0 Å². The van der Waals surface area contributed by atoms with E-state index in [1.807, 2.05) is 23.5 Å². The first-order valence-corrected chi connectivity index (χ1v) is 10.1. The van der Waals surface area contributed by atoms with Crippen molar-refractivity contribution in [1.29, 1.82) is 0 Å². The van der Waals surface area contributed by atoms with E-state index in [-0.39, 0.29) is 5.91 Å². The molecule has 1 aromatic carbocycles. The van der Waals surface area contributed by atoms with Gasteiger partial charge in [0.25, 0.3) is 5.91 Å². The summed E-state index contributed by atoms with van der Waals surface area (Å²) in [7, 11) is 0. The Bertz CT molecular complexity index is 1320. The van der Waals surface area contributed by atoms with Gasteiger partial charge in [-0.15, -0.1) is 0 Å². The van der Waals surface area contributed by atoms with Crippen LogP contribution in [-0.4, -0.2) is 25.4 Å². The van der Waals surface area contributed by atoms with Gasteiger partial charge in [-0.1, -0.05) is 24.3 Å². The topological polar surface area (TPSA) is 79.5 Å². The number of pyridine rings is 2. The number of aryl methyl sites for hydroxylation is 1. The number of carbonyl (C=O) groups is 1. The molecular formula is C25H23FN4O2. The minimum Gasteiger partial charge on any atom is -0.384 e. The quantitative estimate of drug-likeness (QED) is 0.445. The Balaban J connectivity index is 1.49. The van der Waals surface area contributed by atoms with Gasteiger partial charge in [0.15, 0.2) is 0 Å². The predicted octanol–water partition coefficient (Wildman–Crippen LogP) is 4.83. The summed E-state index contributed by atoms with van der Waals surface area (Å²) in [5.74, 6) is -0.772. The van der Waals surface area contributed by atoms with Crippen molar-refractivity contribution in [3.8, 4) is 0 Å². The van der Waals surface area contributed by atoms with Crippen molar-refractivity contribution in [2.45, 2.75) is 26.4 Å². The average Bonchev–Trinajstić information content (AvgIpc) is 3.09. The van der Waals surface area contributed by atoms with Crippen molar-refractivity contribution in [3.05, 3.63) is 95.0 Å². The van der Waals surface area contributed by atoms with Gasteiger partial charge in [-0.2, -0.15) is 4.39 Å². The van der Waals surface area contributed by atoms with E-state index in [1.54, 1.807) is 68.6 Å². The fraction of sp³-hybridized carbons (Fsp3) is 0.160.